The van der Waals surface area contributed by atoms with Crippen LogP contribution in [0.2, 0.25) is 0 Å². The summed E-state index contributed by atoms with van der Waals surface area (Å²) in [6.07, 6.45) is 1.34. The Morgan fingerprint density at radius 1 is 1.13 bits per heavy atom. The maximum absolute atomic E-state index is 12.5. The highest BCUT2D eigenvalue weighted by atomic mass is 19.4. The van der Waals surface area contributed by atoms with Crippen molar-refractivity contribution in [3.8, 4) is 0 Å². The van der Waals surface area contributed by atoms with E-state index in [9.17, 15) is 18.0 Å². The van der Waals surface area contributed by atoms with Gasteiger partial charge in [0.05, 0.1) is 5.56 Å². The molecule has 23 heavy (non-hydrogen) atoms. The number of fused-ring (bicyclic) bond motifs is 1. The van der Waals surface area contributed by atoms with Crippen LogP contribution < -0.4 is 5.32 Å². The van der Waals surface area contributed by atoms with E-state index in [2.05, 4.69) is 10.2 Å². The maximum Gasteiger partial charge on any atom is 0.416 e. The van der Waals surface area contributed by atoms with Crippen molar-refractivity contribution in [3.05, 3.63) is 35.4 Å². The van der Waals surface area contributed by atoms with Gasteiger partial charge in [-0.2, -0.15) is 13.2 Å². The zero-order valence-electron chi connectivity index (χ0n) is 13.0. The summed E-state index contributed by atoms with van der Waals surface area (Å²) in [6.45, 7) is 2.86. The second-order valence-electron chi connectivity index (χ2n) is 6.50. The molecule has 0 atom stereocenters. The zero-order valence-corrected chi connectivity index (χ0v) is 13.0. The Hall–Kier alpha value is -1.56. The second kappa shape index (κ2) is 6.15. The van der Waals surface area contributed by atoms with Gasteiger partial charge in [0.15, 0.2) is 0 Å². The van der Waals surface area contributed by atoms with Gasteiger partial charge < -0.3 is 5.32 Å². The minimum Gasteiger partial charge on any atom is -0.352 e. The number of halogens is 3. The number of hydrogen-bond acceptors (Lipinski definition) is 2. The number of hydrogen-bond donors (Lipinski definition) is 1. The highest BCUT2D eigenvalue weighted by Gasteiger charge is 2.43. The molecular weight excluding hydrogens is 305 g/mol. The third-order valence-corrected chi connectivity index (χ3v) is 5.16. The molecule has 0 unspecified atom stereocenters. The maximum atomic E-state index is 12.5. The van der Waals surface area contributed by atoms with Crippen LogP contribution in [0.15, 0.2) is 24.3 Å². The first-order valence-electron chi connectivity index (χ1n) is 8.11. The van der Waals surface area contributed by atoms with Gasteiger partial charge in [0.2, 0.25) is 0 Å². The number of nitrogens with one attached hydrogen (secondary N) is 1. The molecule has 0 spiro atoms. The lowest BCUT2D eigenvalue weighted by Crippen LogP contribution is -2.41. The van der Waals surface area contributed by atoms with Gasteiger partial charge in [-0.1, -0.05) is 0 Å². The molecule has 2 saturated heterocycles. The third-order valence-electron chi connectivity index (χ3n) is 5.16. The lowest BCUT2D eigenvalue weighted by atomic mass is 9.90. The summed E-state index contributed by atoms with van der Waals surface area (Å²) in [4.78, 5) is 14.6. The van der Waals surface area contributed by atoms with Crippen molar-refractivity contribution in [1.82, 2.24) is 10.2 Å². The highest BCUT2D eigenvalue weighted by Crippen LogP contribution is 2.40. The van der Waals surface area contributed by atoms with Gasteiger partial charge >= 0.3 is 6.18 Å². The van der Waals surface area contributed by atoms with Gasteiger partial charge in [0.1, 0.15) is 0 Å². The van der Waals surface area contributed by atoms with Gasteiger partial charge in [-0.15, -0.1) is 0 Å². The molecular formula is C17H21F3N2O. The first kappa shape index (κ1) is 16.3. The standard InChI is InChI=1S/C17H21F3N2O/c18-17(19,20)14-5-3-13(4-6-14)15(23)21-10-9-16-7-1-11-22(16)12-2-8-16/h3-6H,1-2,7-12H2,(H,21,23). The molecule has 0 aromatic heterocycles. The van der Waals surface area contributed by atoms with Gasteiger partial charge in [0.25, 0.3) is 5.91 Å². The van der Waals surface area contributed by atoms with E-state index in [1.54, 1.807) is 0 Å². The number of carbonyl (C=O) groups excluding carboxylic acids is 1. The molecule has 1 aromatic carbocycles. The number of rotatable bonds is 4. The van der Waals surface area contributed by atoms with E-state index in [4.69, 9.17) is 0 Å². The second-order valence-corrected chi connectivity index (χ2v) is 6.50. The van der Waals surface area contributed by atoms with E-state index in [1.807, 2.05) is 0 Å². The molecule has 1 N–H and O–H groups in total. The number of carbonyl (C=O) groups is 1. The van der Waals surface area contributed by atoms with E-state index in [0.29, 0.717) is 6.54 Å². The molecule has 2 aliphatic heterocycles. The summed E-state index contributed by atoms with van der Waals surface area (Å²) in [7, 11) is 0. The fraction of sp³-hybridized carbons (Fsp3) is 0.588. The molecule has 0 radical (unpaired) electrons. The van der Waals surface area contributed by atoms with Crippen LogP contribution in [-0.2, 0) is 6.18 Å². The largest absolute Gasteiger partial charge is 0.416 e. The summed E-state index contributed by atoms with van der Waals surface area (Å²) in [5.74, 6) is -0.308. The summed E-state index contributed by atoms with van der Waals surface area (Å²) in [6, 6.07) is 4.36. The predicted octanol–water partition coefficient (Wildman–Crippen LogP) is 3.45. The average molecular weight is 326 g/mol. The van der Waals surface area contributed by atoms with Crippen molar-refractivity contribution in [2.75, 3.05) is 19.6 Å². The third kappa shape index (κ3) is 3.37. The summed E-state index contributed by atoms with van der Waals surface area (Å²) < 4.78 is 37.5. The van der Waals surface area contributed by atoms with Crippen LogP contribution in [0.1, 0.15) is 48.0 Å². The number of benzene rings is 1. The van der Waals surface area contributed by atoms with Crippen molar-refractivity contribution in [1.29, 1.82) is 0 Å². The number of alkyl halides is 3. The Morgan fingerprint density at radius 2 is 1.74 bits per heavy atom. The van der Waals surface area contributed by atoms with Crippen LogP contribution in [0.5, 0.6) is 0 Å². The van der Waals surface area contributed by atoms with E-state index in [1.165, 1.54) is 37.8 Å². The van der Waals surface area contributed by atoms with E-state index < -0.39 is 11.7 Å². The molecule has 3 nitrogen and oxygen atoms in total. The van der Waals surface area contributed by atoms with E-state index in [0.717, 1.165) is 31.6 Å². The zero-order chi connectivity index (χ0) is 16.5. The first-order valence-corrected chi connectivity index (χ1v) is 8.11. The minimum absolute atomic E-state index is 0.243. The molecule has 3 rings (SSSR count). The normalized spacial score (nSPS) is 20.5. The van der Waals surface area contributed by atoms with Gasteiger partial charge in [-0.3, -0.25) is 9.69 Å². The predicted molar refractivity (Wildman–Crippen MR) is 81.2 cm³/mol. The Labute approximate surface area is 133 Å². The Bertz CT molecular complexity index is 558. The van der Waals surface area contributed by atoms with Crippen molar-refractivity contribution >= 4 is 5.91 Å². The summed E-state index contributed by atoms with van der Waals surface area (Å²) >= 11 is 0. The molecule has 1 aromatic rings. The Kier molecular flexibility index (Phi) is 4.36. The van der Waals surface area contributed by atoms with Crippen molar-refractivity contribution in [2.24, 2.45) is 0 Å². The average Bonchev–Trinajstić information content (AvgIpc) is 3.06. The molecule has 2 aliphatic rings. The van der Waals surface area contributed by atoms with Gasteiger partial charge in [-0.05, 0) is 69.5 Å². The molecule has 0 aliphatic carbocycles. The van der Waals surface area contributed by atoms with Crippen LogP contribution >= 0.6 is 0 Å². The number of amides is 1. The quantitative estimate of drug-likeness (QED) is 0.919. The van der Waals surface area contributed by atoms with Gasteiger partial charge in [0, 0.05) is 17.6 Å². The summed E-state index contributed by atoms with van der Waals surface area (Å²) in [5.41, 5.74) is -0.223. The minimum atomic E-state index is -4.37. The monoisotopic (exact) mass is 326 g/mol. The molecule has 6 heteroatoms. The lowest BCUT2D eigenvalue weighted by Gasteiger charge is -2.32. The smallest absolute Gasteiger partial charge is 0.352 e. The van der Waals surface area contributed by atoms with E-state index >= 15 is 0 Å². The van der Waals surface area contributed by atoms with Crippen molar-refractivity contribution < 1.29 is 18.0 Å². The molecule has 0 saturated carbocycles. The Morgan fingerprint density at radius 3 is 2.30 bits per heavy atom. The van der Waals surface area contributed by atoms with Crippen LogP contribution in [0, 0.1) is 0 Å². The molecule has 0 bridgehead atoms. The summed E-state index contributed by atoms with van der Waals surface area (Å²) in [5, 5.41) is 2.84. The van der Waals surface area contributed by atoms with Crippen molar-refractivity contribution in [2.45, 2.75) is 43.8 Å². The Balaban J connectivity index is 1.53. The van der Waals surface area contributed by atoms with Crippen LogP contribution in [0.3, 0.4) is 0 Å². The van der Waals surface area contributed by atoms with Crippen molar-refractivity contribution in [3.63, 3.8) is 0 Å². The number of nitrogens with zero attached hydrogens (tertiary/aromatic N) is 1. The molecule has 1 amide bonds. The molecule has 2 heterocycles. The SMILES string of the molecule is O=C(NCCC12CCCN1CCC2)c1ccc(C(F)(F)F)cc1. The molecule has 2 fully saturated rings. The lowest BCUT2D eigenvalue weighted by molar-refractivity contribution is -0.137. The van der Waals surface area contributed by atoms with Crippen LogP contribution in [-0.4, -0.2) is 36.0 Å². The highest BCUT2D eigenvalue weighted by molar-refractivity contribution is 5.94. The van der Waals surface area contributed by atoms with E-state index in [-0.39, 0.29) is 17.0 Å². The van der Waals surface area contributed by atoms with Crippen LogP contribution in [0.4, 0.5) is 13.2 Å². The van der Waals surface area contributed by atoms with Crippen LogP contribution in [0.25, 0.3) is 0 Å². The molecule has 126 valence electrons. The fourth-order valence-electron chi connectivity index (χ4n) is 3.95. The fourth-order valence-corrected chi connectivity index (χ4v) is 3.95. The van der Waals surface area contributed by atoms with Gasteiger partial charge in [-0.25, -0.2) is 0 Å². The first-order chi connectivity index (χ1) is 10.9. The topological polar surface area (TPSA) is 32.3 Å².